The number of aryl methyl sites for hydroxylation is 1. The Balaban J connectivity index is 1.79. The summed E-state index contributed by atoms with van der Waals surface area (Å²) in [6.45, 7) is 6.57. The molecule has 1 aromatic heterocycles. The highest BCUT2D eigenvalue weighted by molar-refractivity contribution is 6.04. The molecule has 1 heterocycles. The molecular formula is C28H34N4O4. The van der Waals surface area contributed by atoms with Gasteiger partial charge in [-0.05, 0) is 49.7 Å². The maximum atomic E-state index is 12.9. The Hall–Kier alpha value is -3.80. The van der Waals surface area contributed by atoms with Crippen molar-refractivity contribution in [2.45, 2.75) is 26.4 Å². The monoisotopic (exact) mass is 490 g/mol. The minimum absolute atomic E-state index is 0.186. The van der Waals surface area contributed by atoms with Crippen LogP contribution in [-0.4, -0.2) is 55.3 Å². The average molecular weight is 491 g/mol. The molecule has 0 spiro atoms. The first-order valence-corrected chi connectivity index (χ1v) is 12.0. The molecule has 0 saturated heterocycles. The van der Waals surface area contributed by atoms with Crippen molar-refractivity contribution in [3.8, 4) is 17.6 Å². The van der Waals surface area contributed by atoms with Gasteiger partial charge >= 0.3 is 0 Å². The first-order valence-electron chi connectivity index (χ1n) is 12.0. The normalized spacial score (nSPS) is 11.3. The third-order valence-corrected chi connectivity index (χ3v) is 5.00. The number of methoxy groups -OCH3 is 1. The number of nitrogens with one attached hydrogen (secondary N) is 2. The fraction of sp³-hybridized carbons (Fsp3) is 0.357. The zero-order valence-corrected chi connectivity index (χ0v) is 21.3. The number of carbonyl (C=O) groups excluding carboxylic acids is 1. The molecule has 36 heavy (non-hydrogen) atoms. The number of amides is 1. The molecule has 0 radical (unpaired) electrons. The Kier molecular flexibility index (Phi) is 10.4. The SMILES string of the molecule is CCCOCCNc1cccc(C#Cc2cc(O[C@@H](C)COC)cc(C(=O)Nc3ccn(C)n3)c2)c1. The standard InChI is InChI=1S/C28H34N4O4/c1-5-14-35-15-12-29-25-8-6-7-22(17-25)9-10-23-16-24(19-26(18-23)36-21(2)20-34-4)28(33)30-27-11-13-32(3)31-27/h6-8,11,13,16-19,21,29H,5,12,14-15,20H2,1-4H3,(H,30,31,33)/t21-/m0/s1. The van der Waals surface area contributed by atoms with Crippen LogP contribution in [-0.2, 0) is 16.5 Å². The molecule has 0 unspecified atom stereocenters. The van der Waals surface area contributed by atoms with E-state index in [9.17, 15) is 4.79 Å². The van der Waals surface area contributed by atoms with Gasteiger partial charge in [0.25, 0.3) is 5.91 Å². The van der Waals surface area contributed by atoms with Crippen molar-refractivity contribution in [1.82, 2.24) is 9.78 Å². The summed E-state index contributed by atoms with van der Waals surface area (Å²) < 4.78 is 18.3. The number of hydrogen-bond acceptors (Lipinski definition) is 6. The van der Waals surface area contributed by atoms with Gasteiger partial charge in [0.15, 0.2) is 5.82 Å². The molecule has 2 aromatic carbocycles. The van der Waals surface area contributed by atoms with E-state index in [0.29, 0.717) is 35.9 Å². The van der Waals surface area contributed by atoms with E-state index in [1.54, 1.807) is 43.2 Å². The van der Waals surface area contributed by atoms with Crippen molar-refractivity contribution in [2.75, 3.05) is 44.1 Å². The predicted octanol–water partition coefficient (Wildman–Crippen LogP) is 4.32. The van der Waals surface area contributed by atoms with Crippen LogP contribution in [0.1, 0.15) is 41.8 Å². The number of benzene rings is 2. The zero-order chi connectivity index (χ0) is 25.8. The summed E-state index contributed by atoms with van der Waals surface area (Å²) >= 11 is 0. The van der Waals surface area contributed by atoms with E-state index < -0.39 is 0 Å². The lowest BCUT2D eigenvalue weighted by Gasteiger charge is -2.15. The maximum Gasteiger partial charge on any atom is 0.257 e. The fourth-order valence-corrected chi connectivity index (χ4v) is 3.41. The van der Waals surface area contributed by atoms with E-state index in [4.69, 9.17) is 14.2 Å². The molecule has 1 atom stereocenters. The largest absolute Gasteiger partial charge is 0.488 e. The second-order valence-corrected chi connectivity index (χ2v) is 8.33. The molecule has 1 amide bonds. The van der Waals surface area contributed by atoms with E-state index >= 15 is 0 Å². The lowest BCUT2D eigenvalue weighted by Crippen LogP contribution is -2.19. The molecular weight excluding hydrogens is 456 g/mol. The quantitative estimate of drug-likeness (QED) is 0.290. The summed E-state index contributed by atoms with van der Waals surface area (Å²) in [4.78, 5) is 12.9. The molecule has 2 N–H and O–H groups in total. The first-order chi connectivity index (χ1) is 17.5. The van der Waals surface area contributed by atoms with Gasteiger partial charge in [-0.1, -0.05) is 24.8 Å². The van der Waals surface area contributed by atoms with Gasteiger partial charge in [-0.15, -0.1) is 0 Å². The molecule has 8 nitrogen and oxygen atoms in total. The van der Waals surface area contributed by atoms with Gasteiger partial charge in [0.2, 0.25) is 0 Å². The van der Waals surface area contributed by atoms with Crippen LogP contribution in [0.4, 0.5) is 11.5 Å². The van der Waals surface area contributed by atoms with Gasteiger partial charge in [0, 0.05) is 62.0 Å². The number of ether oxygens (including phenoxy) is 3. The summed E-state index contributed by atoms with van der Waals surface area (Å²) in [6, 6.07) is 14.9. The van der Waals surface area contributed by atoms with Crippen molar-refractivity contribution in [3.63, 3.8) is 0 Å². The van der Waals surface area contributed by atoms with Gasteiger partial charge in [-0.2, -0.15) is 5.10 Å². The molecule has 8 heteroatoms. The minimum atomic E-state index is -0.293. The number of nitrogens with zero attached hydrogens (tertiary/aromatic N) is 2. The van der Waals surface area contributed by atoms with Gasteiger partial charge in [-0.3, -0.25) is 9.48 Å². The summed E-state index contributed by atoms with van der Waals surface area (Å²) in [7, 11) is 3.41. The molecule has 3 aromatic rings. The maximum absolute atomic E-state index is 12.9. The Labute approximate surface area is 212 Å². The second-order valence-electron chi connectivity index (χ2n) is 8.33. The lowest BCUT2D eigenvalue weighted by atomic mass is 10.1. The number of carbonyl (C=O) groups is 1. The van der Waals surface area contributed by atoms with E-state index in [1.807, 2.05) is 37.3 Å². The van der Waals surface area contributed by atoms with Gasteiger partial charge in [0.1, 0.15) is 11.9 Å². The number of hydrogen-bond donors (Lipinski definition) is 2. The average Bonchev–Trinajstić information content (AvgIpc) is 3.27. The van der Waals surface area contributed by atoms with Crippen molar-refractivity contribution >= 4 is 17.4 Å². The summed E-state index contributed by atoms with van der Waals surface area (Å²) in [5, 5.41) is 10.4. The van der Waals surface area contributed by atoms with Crippen molar-refractivity contribution in [2.24, 2.45) is 7.05 Å². The molecule has 0 aliphatic heterocycles. The summed E-state index contributed by atoms with van der Waals surface area (Å²) in [6.07, 6.45) is 2.59. The Morgan fingerprint density at radius 1 is 1.11 bits per heavy atom. The lowest BCUT2D eigenvalue weighted by molar-refractivity contribution is 0.0917. The van der Waals surface area contributed by atoms with Crippen LogP contribution in [0.3, 0.4) is 0 Å². The Morgan fingerprint density at radius 2 is 1.94 bits per heavy atom. The van der Waals surface area contributed by atoms with Crippen molar-refractivity contribution in [1.29, 1.82) is 0 Å². The molecule has 0 bridgehead atoms. The van der Waals surface area contributed by atoms with Crippen LogP contribution < -0.4 is 15.4 Å². The van der Waals surface area contributed by atoms with Gasteiger partial charge in [-0.25, -0.2) is 0 Å². The number of rotatable bonds is 12. The molecule has 0 fully saturated rings. The van der Waals surface area contributed by atoms with E-state index in [2.05, 4.69) is 34.5 Å². The Bertz CT molecular complexity index is 1200. The highest BCUT2D eigenvalue weighted by atomic mass is 16.5. The predicted molar refractivity (Wildman–Crippen MR) is 142 cm³/mol. The van der Waals surface area contributed by atoms with Gasteiger partial charge in [0.05, 0.1) is 13.2 Å². The highest BCUT2D eigenvalue weighted by Gasteiger charge is 2.12. The van der Waals surface area contributed by atoms with Crippen molar-refractivity contribution < 1.29 is 19.0 Å². The van der Waals surface area contributed by atoms with Crippen LogP contribution in [0.25, 0.3) is 0 Å². The van der Waals surface area contributed by atoms with E-state index in [0.717, 1.165) is 30.8 Å². The smallest absolute Gasteiger partial charge is 0.257 e. The molecule has 0 saturated carbocycles. The number of aromatic nitrogens is 2. The summed E-state index contributed by atoms with van der Waals surface area (Å²) in [5.41, 5.74) is 2.92. The summed E-state index contributed by atoms with van der Waals surface area (Å²) in [5.74, 6) is 7.07. The second kappa shape index (κ2) is 13.9. The molecule has 3 rings (SSSR count). The molecule has 0 aliphatic rings. The van der Waals surface area contributed by atoms with Crippen LogP contribution in [0.15, 0.2) is 54.7 Å². The van der Waals surface area contributed by atoms with Crippen LogP contribution in [0.2, 0.25) is 0 Å². The number of anilines is 2. The van der Waals surface area contributed by atoms with Crippen molar-refractivity contribution in [3.05, 3.63) is 71.4 Å². The fourth-order valence-electron chi connectivity index (χ4n) is 3.41. The highest BCUT2D eigenvalue weighted by Crippen LogP contribution is 2.20. The van der Waals surface area contributed by atoms with Crippen LogP contribution >= 0.6 is 0 Å². The molecule has 0 aliphatic carbocycles. The van der Waals surface area contributed by atoms with Crippen LogP contribution in [0, 0.1) is 11.8 Å². The zero-order valence-electron chi connectivity index (χ0n) is 21.3. The van der Waals surface area contributed by atoms with E-state index in [1.165, 1.54) is 0 Å². The third kappa shape index (κ3) is 8.77. The van der Waals surface area contributed by atoms with E-state index in [-0.39, 0.29) is 12.0 Å². The Morgan fingerprint density at radius 3 is 2.69 bits per heavy atom. The first kappa shape index (κ1) is 26.8. The van der Waals surface area contributed by atoms with Crippen LogP contribution in [0.5, 0.6) is 5.75 Å². The third-order valence-electron chi connectivity index (χ3n) is 5.00. The topological polar surface area (TPSA) is 86.6 Å². The molecule has 190 valence electrons. The van der Waals surface area contributed by atoms with Gasteiger partial charge < -0.3 is 24.8 Å². The minimum Gasteiger partial charge on any atom is -0.488 e.